The summed E-state index contributed by atoms with van der Waals surface area (Å²) in [6, 6.07) is 2.18. The summed E-state index contributed by atoms with van der Waals surface area (Å²) in [5.41, 5.74) is -1.32. The molecule has 0 aliphatic rings. The van der Waals surface area contributed by atoms with Gasteiger partial charge < -0.3 is 10.0 Å². The number of nitro benzene ring substituents is 1. The minimum absolute atomic E-state index is 0.434. The molecule has 0 aromatic heterocycles. The number of nitrogens with zero attached hydrogens (tertiary/aromatic N) is 2. The molecule has 110 valence electrons. The maximum Gasteiger partial charge on any atom is 0.282 e. The van der Waals surface area contributed by atoms with Gasteiger partial charge in [-0.05, 0) is 12.1 Å². The molecule has 1 aromatic carbocycles. The standard InChI is InChI=1S/C11H11F3N2O4/c12-7-1-2-9(16(19)20)8(5-7)11(18)15(3-4-17)6-10(13)14/h1-2,5,10,17H,3-4,6H2. The van der Waals surface area contributed by atoms with Gasteiger partial charge in [-0.1, -0.05) is 0 Å². The molecule has 0 aliphatic carbocycles. The number of nitro groups is 1. The van der Waals surface area contributed by atoms with Crippen molar-refractivity contribution in [3.8, 4) is 0 Å². The topological polar surface area (TPSA) is 83.7 Å². The first-order valence-corrected chi connectivity index (χ1v) is 5.49. The number of hydrogen-bond acceptors (Lipinski definition) is 4. The first-order chi connectivity index (χ1) is 9.36. The maximum absolute atomic E-state index is 13.1. The fourth-order valence-electron chi connectivity index (χ4n) is 1.57. The van der Waals surface area contributed by atoms with Crippen molar-refractivity contribution in [2.45, 2.75) is 6.43 Å². The number of benzene rings is 1. The summed E-state index contributed by atoms with van der Waals surface area (Å²) in [5.74, 6) is -2.04. The molecule has 9 heteroatoms. The molecule has 0 heterocycles. The number of aliphatic hydroxyl groups is 1. The molecule has 0 saturated carbocycles. The van der Waals surface area contributed by atoms with Crippen LogP contribution in [0.15, 0.2) is 18.2 Å². The second kappa shape index (κ2) is 6.85. The molecular formula is C11H11F3N2O4. The van der Waals surface area contributed by atoms with Crippen LogP contribution in [0.5, 0.6) is 0 Å². The lowest BCUT2D eigenvalue weighted by Crippen LogP contribution is -2.37. The molecule has 0 spiro atoms. The van der Waals surface area contributed by atoms with Gasteiger partial charge in [-0.3, -0.25) is 14.9 Å². The van der Waals surface area contributed by atoms with Crippen molar-refractivity contribution in [3.05, 3.63) is 39.7 Å². The molecule has 0 radical (unpaired) electrons. The highest BCUT2D eigenvalue weighted by Crippen LogP contribution is 2.21. The highest BCUT2D eigenvalue weighted by molar-refractivity contribution is 5.98. The van der Waals surface area contributed by atoms with E-state index in [2.05, 4.69) is 0 Å². The quantitative estimate of drug-likeness (QED) is 0.635. The third-order valence-corrected chi connectivity index (χ3v) is 2.40. The summed E-state index contributed by atoms with van der Waals surface area (Å²) in [6.45, 7) is -2.04. The van der Waals surface area contributed by atoms with Crippen molar-refractivity contribution in [3.63, 3.8) is 0 Å². The van der Waals surface area contributed by atoms with Crippen LogP contribution in [0.1, 0.15) is 10.4 Å². The molecule has 0 fully saturated rings. The van der Waals surface area contributed by atoms with Crippen LogP contribution in [0.4, 0.5) is 18.9 Å². The summed E-state index contributed by atoms with van der Waals surface area (Å²) < 4.78 is 37.8. The van der Waals surface area contributed by atoms with E-state index in [-0.39, 0.29) is 0 Å². The SMILES string of the molecule is O=C(c1cc(F)ccc1[N+](=O)[O-])N(CCO)CC(F)F. The van der Waals surface area contributed by atoms with Gasteiger partial charge in [0.05, 0.1) is 18.1 Å². The van der Waals surface area contributed by atoms with E-state index in [1.165, 1.54) is 0 Å². The summed E-state index contributed by atoms with van der Waals surface area (Å²) >= 11 is 0. The average Bonchev–Trinajstić information content (AvgIpc) is 2.36. The first kappa shape index (κ1) is 15.9. The Kier molecular flexibility index (Phi) is 5.44. The third kappa shape index (κ3) is 3.92. The molecule has 0 saturated heterocycles. The number of alkyl halides is 2. The van der Waals surface area contributed by atoms with E-state index in [1.54, 1.807) is 0 Å². The number of carbonyl (C=O) groups is 1. The van der Waals surface area contributed by atoms with Crippen LogP contribution in [-0.2, 0) is 0 Å². The number of halogens is 3. The minimum atomic E-state index is -2.88. The van der Waals surface area contributed by atoms with Crippen LogP contribution in [0.2, 0.25) is 0 Å². The largest absolute Gasteiger partial charge is 0.395 e. The molecule has 1 aromatic rings. The van der Waals surface area contributed by atoms with E-state index >= 15 is 0 Å². The summed E-state index contributed by atoms with van der Waals surface area (Å²) in [6.07, 6.45) is -2.88. The van der Waals surface area contributed by atoms with Crippen molar-refractivity contribution in [2.75, 3.05) is 19.7 Å². The smallest absolute Gasteiger partial charge is 0.282 e. The monoisotopic (exact) mass is 292 g/mol. The minimum Gasteiger partial charge on any atom is -0.395 e. The Morgan fingerprint density at radius 3 is 2.60 bits per heavy atom. The van der Waals surface area contributed by atoms with E-state index < -0.39 is 54.0 Å². The van der Waals surface area contributed by atoms with E-state index in [4.69, 9.17) is 5.11 Å². The van der Waals surface area contributed by atoms with E-state index in [0.717, 1.165) is 12.1 Å². The third-order valence-electron chi connectivity index (χ3n) is 2.40. The Hall–Kier alpha value is -2.16. The molecule has 0 unspecified atom stereocenters. The normalized spacial score (nSPS) is 10.7. The second-order valence-corrected chi connectivity index (χ2v) is 3.78. The Labute approximate surface area is 111 Å². The van der Waals surface area contributed by atoms with Gasteiger partial charge in [0.1, 0.15) is 11.4 Å². The molecule has 0 atom stereocenters. The predicted molar refractivity (Wildman–Crippen MR) is 62.0 cm³/mol. The second-order valence-electron chi connectivity index (χ2n) is 3.78. The lowest BCUT2D eigenvalue weighted by molar-refractivity contribution is -0.385. The molecule has 1 rings (SSSR count). The van der Waals surface area contributed by atoms with Gasteiger partial charge in [-0.2, -0.15) is 0 Å². The van der Waals surface area contributed by atoms with Crippen molar-refractivity contribution in [1.29, 1.82) is 0 Å². The van der Waals surface area contributed by atoms with Crippen molar-refractivity contribution < 1.29 is 28.0 Å². The van der Waals surface area contributed by atoms with Gasteiger partial charge in [0.2, 0.25) is 0 Å². The van der Waals surface area contributed by atoms with Crippen LogP contribution in [-0.4, -0.2) is 47.0 Å². The molecular weight excluding hydrogens is 281 g/mol. The lowest BCUT2D eigenvalue weighted by Gasteiger charge is -2.21. The summed E-state index contributed by atoms with van der Waals surface area (Å²) in [5, 5.41) is 19.5. The van der Waals surface area contributed by atoms with Gasteiger partial charge in [0.15, 0.2) is 0 Å². The molecule has 1 N–H and O–H groups in total. The number of carbonyl (C=O) groups excluding carboxylic acids is 1. The number of rotatable bonds is 6. The molecule has 0 bridgehead atoms. The van der Waals surface area contributed by atoms with Gasteiger partial charge >= 0.3 is 0 Å². The zero-order chi connectivity index (χ0) is 15.3. The fourth-order valence-corrected chi connectivity index (χ4v) is 1.57. The lowest BCUT2D eigenvalue weighted by atomic mass is 10.1. The van der Waals surface area contributed by atoms with E-state index in [1.807, 2.05) is 0 Å². The van der Waals surface area contributed by atoms with Gasteiger partial charge in [-0.15, -0.1) is 0 Å². The van der Waals surface area contributed by atoms with Crippen molar-refractivity contribution in [1.82, 2.24) is 4.90 Å². The highest BCUT2D eigenvalue weighted by Gasteiger charge is 2.26. The zero-order valence-electron chi connectivity index (χ0n) is 10.1. The van der Waals surface area contributed by atoms with Gasteiger partial charge in [-0.25, -0.2) is 13.2 Å². The van der Waals surface area contributed by atoms with Gasteiger partial charge in [0, 0.05) is 12.6 Å². The Morgan fingerprint density at radius 2 is 2.10 bits per heavy atom. The highest BCUT2D eigenvalue weighted by atomic mass is 19.3. The Morgan fingerprint density at radius 1 is 1.45 bits per heavy atom. The average molecular weight is 292 g/mol. The maximum atomic E-state index is 13.1. The summed E-state index contributed by atoms with van der Waals surface area (Å²) in [4.78, 5) is 22.3. The number of aliphatic hydroxyl groups excluding tert-OH is 1. The molecule has 6 nitrogen and oxygen atoms in total. The van der Waals surface area contributed by atoms with Crippen LogP contribution in [0.3, 0.4) is 0 Å². The Bertz CT molecular complexity index is 510. The zero-order valence-corrected chi connectivity index (χ0v) is 10.1. The molecule has 1 amide bonds. The van der Waals surface area contributed by atoms with E-state index in [9.17, 15) is 28.1 Å². The molecule has 0 aliphatic heterocycles. The fraction of sp³-hybridized carbons (Fsp3) is 0.364. The van der Waals surface area contributed by atoms with Crippen molar-refractivity contribution in [2.24, 2.45) is 0 Å². The number of hydrogen-bond donors (Lipinski definition) is 1. The number of amides is 1. The molecule has 20 heavy (non-hydrogen) atoms. The van der Waals surface area contributed by atoms with Crippen LogP contribution < -0.4 is 0 Å². The van der Waals surface area contributed by atoms with Crippen LogP contribution >= 0.6 is 0 Å². The first-order valence-electron chi connectivity index (χ1n) is 5.49. The van der Waals surface area contributed by atoms with Gasteiger partial charge in [0.25, 0.3) is 18.0 Å². The predicted octanol–water partition coefficient (Wildman–Crippen LogP) is 1.43. The van der Waals surface area contributed by atoms with Crippen LogP contribution in [0, 0.1) is 15.9 Å². The van der Waals surface area contributed by atoms with Crippen molar-refractivity contribution >= 4 is 11.6 Å². The van der Waals surface area contributed by atoms with E-state index in [0.29, 0.717) is 11.0 Å². The Balaban J connectivity index is 3.16. The van der Waals surface area contributed by atoms with Crippen LogP contribution in [0.25, 0.3) is 0 Å². The summed E-state index contributed by atoms with van der Waals surface area (Å²) in [7, 11) is 0.